The number of nitrogens with one attached hydrogen (secondary N) is 2. The van der Waals surface area contributed by atoms with Crippen LogP contribution < -0.4 is 5.32 Å². The summed E-state index contributed by atoms with van der Waals surface area (Å²) in [7, 11) is 0. The Morgan fingerprint density at radius 1 is 1.04 bits per heavy atom. The molecular weight excluding hydrogens is 395 g/mol. The molecule has 1 aliphatic rings. The molecule has 9 heteroatoms. The number of rotatable bonds is 4. The smallest absolute Gasteiger partial charge is 0.325 e. The number of H-pyrrole nitrogens is 1. The second-order valence-electron chi connectivity index (χ2n) is 6.44. The van der Waals surface area contributed by atoms with Crippen LogP contribution in [0.15, 0.2) is 36.5 Å². The zero-order chi connectivity index (χ0) is 20.0. The molecule has 1 saturated heterocycles. The number of aromatic amines is 1. The van der Waals surface area contributed by atoms with Gasteiger partial charge < -0.3 is 10.3 Å². The van der Waals surface area contributed by atoms with Crippen LogP contribution in [-0.4, -0.2) is 27.9 Å². The van der Waals surface area contributed by atoms with Crippen LogP contribution in [0.25, 0.3) is 10.9 Å². The molecule has 0 saturated carbocycles. The van der Waals surface area contributed by atoms with Gasteiger partial charge in [-0.05, 0) is 17.7 Å². The number of hydrogen-bond acceptors (Lipinski definition) is 2. The number of benzene rings is 2. The lowest BCUT2D eigenvalue weighted by molar-refractivity contribution is -0.127. The molecule has 3 amide bonds. The van der Waals surface area contributed by atoms with Crippen LogP contribution in [0.2, 0.25) is 5.02 Å². The first-order valence-electron chi connectivity index (χ1n) is 8.35. The molecule has 0 aliphatic carbocycles. The van der Waals surface area contributed by atoms with Gasteiger partial charge in [-0.25, -0.2) is 18.0 Å². The molecule has 0 spiro atoms. The molecule has 2 aromatic carbocycles. The number of carbonyl (C=O) groups is 2. The summed E-state index contributed by atoms with van der Waals surface area (Å²) in [4.78, 5) is 28.6. The highest BCUT2D eigenvalue weighted by molar-refractivity contribution is 6.35. The fourth-order valence-electron chi connectivity index (χ4n) is 3.29. The first-order valence-corrected chi connectivity index (χ1v) is 8.73. The summed E-state index contributed by atoms with van der Waals surface area (Å²) in [6.07, 6.45) is 1.90. The van der Waals surface area contributed by atoms with E-state index in [-0.39, 0.29) is 12.0 Å². The summed E-state index contributed by atoms with van der Waals surface area (Å²) in [5.41, 5.74) is 1.20. The molecule has 4 rings (SSSR count). The number of carbonyl (C=O) groups excluding carboxylic acids is 2. The third-order valence-corrected chi connectivity index (χ3v) is 5.04. The SMILES string of the molecule is O=C1N[C@H](Cc2c[nH]c3c(Cl)cccc23)C(=O)N1Cc1ccc(F)c(F)c1F. The molecule has 1 aliphatic heterocycles. The van der Waals surface area contributed by atoms with E-state index >= 15 is 0 Å². The van der Waals surface area contributed by atoms with Crippen molar-refractivity contribution in [2.75, 3.05) is 0 Å². The summed E-state index contributed by atoms with van der Waals surface area (Å²) < 4.78 is 40.4. The molecule has 0 bridgehead atoms. The van der Waals surface area contributed by atoms with E-state index in [1.54, 1.807) is 18.3 Å². The first kappa shape index (κ1) is 18.4. The number of urea groups is 1. The van der Waals surface area contributed by atoms with Gasteiger partial charge in [-0.2, -0.15) is 0 Å². The van der Waals surface area contributed by atoms with Gasteiger partial charge in [0.15, 0.2) is 17.5 Å². The fraction of sp³-hybridized carbons (Fsp3) is 0.158. The Labute approximate surface area is 162 Å². The van der Waals surface area contributed by atoms with Crippen LogP contribution in [-0.2, 0) is 17.8 Å². The monoisotopic (exact) mass is 407 g/mol. The van der Waals surface area contributed by atoms with Gasteiger partial charge in [-0.15, -0.1) is 0 Å². The Hall–Kier alpha value is -3.00. The number of nitrogens with zero attached hydrogens (tertiary/aromatic N) is 1. The lowest BCUT2D eigenvalue weighted by atomic mass is 10.0. The van der Waals surface area contributed by atoms with Crippen molar-refractivity contribution in [1.82, 2.24) is 15.2 Å². The normalized spacial score (nSPS) is 16.9. The Morgan fingerprint density at radius 3 is 2.61 bits per heavy atom. The van der Waals surface area contributed by atoms with E-state index in [4.69, 9.17) is 11.6 Å². The van der Waals surface area contributed by atoms with Crippen molar-refractivity contribution in [1.29, 1.82) is 0 Å². The zero-order valence-electron chi connectivity index (χ0n) is 14.2. The Morgan fingerprint density at radius 2 is 1.82 bits per heavy atom. The molecule has 28 heavy (non-hydrogen) atoms. The number of amides is 3. The largest absolute Gasteiger partial charge is 0.360 e. The van der Waals surface area contributed by atoms with E-state index in [0.29, 0.717) is 5.02 Å². The number of hydrogen-bond donors (Lipinski definition) is 2. The standard InChI is InChI=1S/C19H13ClF3N3O2/c20-12-3-1-2-11-10(7-24-17(11)12)6-14-18(27)26(19(28)25-14)8-9-4-5-13(21)16(23)15(9)22/h1-5,7,14,24H,6,8H2,(H,25,28)/t14-/m1/s1. The Kier molecular flexibility index (Phi) is 4.50. The number of imide groups is 1. The quantitative estimate of drug-likeness (QED) is 0.509. The first-order chi connectivity index (χ1) is 13.4. The van der Waals surface area contributed by atoms with Crippen LogP contribution >= 0.6 is 11.6 Å². The summed E-state index contributed by atoms with van der Waals surface area (Å²) in [6, 6.07) is 5.50. The molecule has 2 heterocycles. The zero-order valence-corrected chi connectivity index (χ0v) is 15.0. The topological polar surface area (TPSA) is 65.2 Å². The van der Waals surface area contributed by atoms with Gasteiger partial charge in [0.25, 0.3) is 5.91 Å². The fourth-order valence-corrected chi connectivity index (χ4v) is 3.52. The summed E-state index contributed by atoms with van der Waals surface area (Å²) in [5, 5.41) is 3.89. The van der Waals surface area contributed by atoms with Gasteiger partial charge in [-0.3, -0.25) is 9.69 Å². The van der Waals surface area contributed by atoms with Crippen LogP contribution in [0.1, 0.15) is 11.1 Å². The van der Waals surface area contributed by atoms with Crippen LogP contribution in [0.5, 0.6) is 0 Å². The van der Waals surface area contributed by atoms with E-state index in [9.17, 15) is 22.8 Å². The second kappa shape index (κ2) is 6.87. The summed E-state index contributed by atoms with van der Waals surface area (Å²) >= 11 is 6.12. The van der Waals surface area contributed by atoms with Crippen molar-refractivity contribution in [2.24, 2.45) is 0 Å². The predicted molar refractivity (Wildman–Crippen MR) is 96.2 cm³/mol. The van der Waals surface area contributed by atoms with Crippen molar-refractivity contribution in [3.8, 4) is 0 Å². The molecular formula is C19H13ClF3N3O2. The minimum absolute atomic E-state index is 0.196. The lowest BCUT2D eigenvalue weighted by Gasteiger charge is -2.14. The minimum Gasteiger partial charge on any atom is -0.360 e. The molecule has 1 fully saturated rings. The van der Waals surface area contributed by atoms with Gasteiger partial charge in [-0.1, -0.05) is 29.8 Å². The molecule has 3 aromatic rings. The van der Waals surface area contributed by atoms with Crippen LogP contribution in [0, 0.1) is 17.5 Å². The Balaban J connectivity index is 1.56. The van der Waals surface area contributed by atoms with Crippen LogP contribution in [0.4, 0.5) is 18.0 Å². The number of fused-ring (bicyclic) bond motifs is 1. The lowest BCUT2D eigenvalue weighted by Crippen LogP contribution is -2.32. The van der Waals surface area contributed by atoms with E-state index in [2.05, 4.69) is 10.3 Å². The number of aromatic nitrogens is 1. The highest BCUT2D eigenvalue weighted by Crippen LogP contribution is 2.27. The molecule has 144 valence electrons. The minimum atomic E-state index is -1.64. The molecule has 0 radical (unpaired) electrons. The highest BCUT2D eigenvalue weighted by atomic mass is 35.5. The number of halogens is 4. The molecule has 5 nitrogen and oxygen atoms in total. The van der Waals surface area contributed by atoms with Gasteiger partial charge in [0.05, 0.1) is 17.1 Å². The number of para-hydroxylation sites is 1. The van der Waals surface area contributed by atoms with Gasteiger partial charge in [0.2, 0.25) is 0 Å². The molecule has 2 N–H and O–H groups in total. The third kappa shape index (κ3) is 2.99. The highest BCUT2D eigenvalue weighted by Gasteiger charge is 2.38. The Bertz CT molecular complexity index is 1120. The van der Waals surface area contributed by atoms with Crippen LogP contribution in [0.3, 0.4) is 0 Å². The van der Waals surface area contributed by atoms with Crippen molar-refractivity contribution < 1.29 is 22.8 Å². The van der Waals surface area contributed by atoms with Crippen molar-refractivity contribution in [2.45, 2.75) is 19.0 Å². The summed E-state index contributed by atoms with van der Waals surface area (Å²) in [5.74, 6) is -4.98. The van der Waals surface area contributed by atoms with Crippen molar-refractivity contribution in [3.05, 3.63) is 70.1 Å². The maximum Gasteiger partial charge on any atom is 0.325 e. The average Bonchev–Trinajstić information content (AvgIpc) is 3.19. The van der Waals surface area contributed by atoms with Gasteiger partial charge in [0.1, 0.15) is 6.04 Å². The maximum absolute atomic E-state index is 13.9. The summed E-state index contributed by atoms with van der Waals surface area (Å²) in [6.45, 7) is -0.496. The predicted octanol–water partition coefficient (Wildman–Crippen LogP) is 3.90. The molecule has 1 aromatic heterocycles. The van der Waals surface area contributed by atoms with Gasteiger partial charge in [0, 0.05) is 23.6 Å². The van der Waals surface area contributed by atoms with E-state index < -0.39 is 42.0 Å². The van der Waals surface area contributed by atoms with Crippen molar-refractivity contribution >= 4 is 34.4 Å². The third-order valence-electron chi connectivity index (χ3n) is 4.72. The van der Waals surface area contributed by atoms with E-state index in [1.165, 1.54) is 0 Å². The van der Waals surface area contributed by atoms with E-state index in [1.807, 2.05) is 6.07 Å². The second-order valence-corrected chi connectivity index (χ2v) is 6.85. The molecule has 1 atom stereocenters. The average molecular weight is 408 g/mol. The molecule has 0 unspecified atom stereocenters. The van der Waals surface area contributed by atoms with Gasteiger partial charge >= 0.3 is 6.03 Å². The maximum atomic E-state index is 13.9. The van der Waals surface area contributed by atoms with E-state index in [0.717, 1.165) is 33.5 Å². The van der Waals surface area contributed by atoms with Crippen molar-refractivity contribution in [3.63, 3.8) is 0 Å².